The quantitative estimate of drug-likeness (QED) is 0.576. The number of rotatable bonds is 5. The van der Waals surface area contributed by atoms with Gasteiger partial charge in [-0.15, -0.1) is 11.3 Å². The molecule has 2 aromatic heterocycles. The number of aryl methyl sites for hydroxylation is 1. The minimum Gasteiger partial charge on any atom is -0.343 e. The number of aromatic nitrogens is 2. The number of amides is 1. The lowest BCUT2D eigenvalue weighted by Gasteiger charge is -2.18. The monoisotopic (exact) mass is 361 g/mol. The highest BCUT2D eigenvalue weighted by atomic mass is 32.1. The highest BCUT2D eigenvalue weighted by Gasteiger charge is 2.19. The number of para-hydroxylation sites is 2. The van der Waals surface area contributed by atoms with E-state index in [1.807, 2.05) is 77.5 Å². The number of fused-ring (bicyclic) bond motifs is 1. The van der Waals surface area contributed by atoms with Crippen LogP contribution in [0.5, 0.6) is 0 Å². The summed E-state index contributed by atoms with van der Waals surface area (Å²) in [4.78, 5) is 18.5. The number of imidazole rings is 1. The van der Waals surface area contributed by atoms with Crippen LogP contribution in [0, 0.1) is 6.92 Å². The van der Waals surface area contributed by atoms with E-state index in [0.29, 0.717) is 0 Å². The van der Waals surface area contributed by atoms with E-state index in [0.717, 1.165) is 27.3 Å². The number of carbonyl (C=O) groups excluding carboxylic acids is 1. The zero-order valence-corrected chi connectivity index (χ0v) is 15.2. The van der Waals surface area contributed by atoms with Crippen LogP contribution in [0.3, 0.4) is 0 Å². The van der Waals surface area contributed by atoms with Gasteiger partial charge in [-0.2, -0.15) is 0 Å². The molecule has 1 amide bonds. The molecule has 0 aliphatic heterocycles. The predicted molar refractivity (Wildman–Crippen MR) is 105 cm³/mol. The van der Waals surface area contributed by atoms with Gasteiger partial charge in [-0.1, -0.05) is 48.5 Å². The Balaban J connectivity index is 1.60. The number of hydrogen-bond donors (Lipinski definition) is 1. The molecule has 5 heteroatoms. The van der Waals surface area contributed by atoms with Gasteiger partial charge in [0.2, 0.25) is 5.91 Å². The topological polar surface area (TPSA) is 46.9 Å². The maximum absolute atomic E-state index is 12.8. The summed E-state index contributed by atoms with van der Waals surface area (Å²) >= 11 is 1.65. The van der Waals surface area contributed by atoms with E-state index in [1.165, 1.54) is 0 Å². The van der Waals surface area contributed by atoms with Crippen LogP contribution in [-0.2, 0) is 11.3 Å². The van der Waals surface area contributed by atoms with Gasteiger partial charge in [-0.3, -0.25) is 4.79 Å². The first-order chi connectivity index (χ1) is 12.7. The third kappa shape index (κ3) is 3.26. The molecule has 0 aliphatic rings. The summed E-state index contributed by atoms with van der Waals surface area (Å²) in [6, 6.07) is 21.9. The highest BCUT2D eigenvalue weighted by molar-refractivity contribution is 7.10. The van der Waals surface area contributed by atoms with E-state index in [4.69, 9.17) is 0 Å². The van der Waals surface area contributed by atoms with Crippen molar-refractivity contribution in [1.29, 1.82) is 0 Å². The Morgan fingerprint density at radius 1 is 1.08 bits per heavy atom. The first kappa shape index (κ1) is 16.5. The van der Waals surface area contributed by atoms with Gasteiger partial charge >= 0.3 is 0 Å². The summed E-state index contributed by atoms with van der Waals surface area (Å²) in [6.07, 6.45) is 0. The second-order valence-corrected chi connectivity index (χ2v) is 7.14. The fourth-order valence-corrected chi connectivity index (χ4v) is 3.97. The van der Waals surface area contributed by atoms with E-state index in [-0.39, 0.29) is 18.5 Å². The molecule has 0 fully saturated rings. The predicted octanol–water partition coefficient (Wildman–Crippen LogP) is 4.31. The molecule has 0 spiro atoms. The summed E-state index contributed by atoms with van der Waals surface area (Å²) in [5, 5.41) is 5.22. The lowest BCUT2D eigenvalue weighted by molar-refractivity contribution is -0.122. The average molecular weight is 361 g/mol. The first-order valence-electron chi connectivity index (χ1n) is 8.52. The van der Waals surface area contributed by atoms with Gasteiger partial charge in [0.15, 0.2) is 0 Å². The van der Waals surface area contributed by atoms with Crippen LogP contribution in [-0.4, -0.2) is 15.5 Å². The molecule has 1 N–H and O–H groups in total. The highest BCUT2D eigenvalue weighted by Crippen LogP contribution is 2.26. The SMILES string of the molecule is Cc1nc2ccccc2n1CC(=O)N[C@H](c1ccccc1)c1cccs1. The molecule has 2 aromatic carbocycles. The normalized spacial score (nSPS) is 12.2. The van der Waals surface area contributed by atoms with Crippen molar-refractivity contribution in [2.75, 3.05) is 0 Å². The number of nitrogens with zero attached hydrogens (tertiary/aromatic N) is 2. The van der Waals surface area contributed by atoms with Crippen molar-refractivity contribution in [3.8, 4) is 0 Å². The van der Waals surface area contributed by atoms with Crippen molar-refractivity contribution in [2.45, 2.75) is 19.5 Å². The van der Waals surface area contributed by atoms with Gasteiger partial charge in [0.1, 0.15) is 12.4 Å². The summed E-state index contributed by atoms with van der Waals surface area (Å²) in [6.45, 7) is 2.18. The van der Waals surface area contributed by atoms with Gasteiger partial charge in [-0.25, -0.2) is 4.98 Å². The molecular formula is C21H19N3OS. The molecule has 0 unspecified atom stereocenters. The molecule has 2 heterocycles. The van der Waals surface area contributed by atoms with Gasteiger partial charge in [0.05, 0.1) is 17.1 Å². The Labute approximate surface area is 156 Å². The van der Waals surface area contributed by atoms with Gasteiger partial charge in [0, 0.05) is 4.88 Å². The van der Waals surface area contributed by atoms with Gasteiger partial charge in [0.25, 0.3) is 0 Å². The van der Waals surface area contributed by atoms with Crippen molar-refractivity contribution in [1.82, 2.24) is 14.9 Å². The Kier molecular flexibility index (Phi) is 4.54. The summed E-state index contributed by atoms with van der Waals surface area (Å²) in [5.41, 5.74) is 2.97. The summed E-state index contributed by atoms with van der Waals surface area (Å²) < 4.78 is 1.96. The van der Waals surface area contributed by atoms with Crippen molar-refractivity contribution < 1.29 is 4.79 Å². The van der Waals surface area contributed by atoms with Crippen LogP contribution < -0.4 is 5.32 Å². The largest absolute Gasteiger partial charge is 0.343 e. The average Bonchev–Trinajstić information content (AvgIpc) is 3.29. The Morgan fingerprint density at radius 2 is 1.85 bits per heavy atom. The number of hydrogen-bond acceptors (Lipinski definition) is 3. The molecule has 4 rings (SSSR count). The molecule has 4 nitrogen and oxygen atoms in total. The molecule has 130 valence electrons. The second-order valence-electron chi connectivity index (χ2n) is 6.16. The standard InChI is InChI=1S/C21H19N3OS/c1-15-22-17-10-5-6-11-18(17)24(15)14-20(25)23-21(19-12-7-13-26-19)16-8-3-2-4-9-16/h2-13,21H,14H2,1H3,(H,23,25)/t21-/m1/s1. The van der Waals surface area contributed by atoms with E-state index in [9.17, 15) is 4.79 Å². The fraction of sp³-hybridized carbons (Fsp3) is 0.143. The number of benzene rings is 2. The maximum Gasteiger partial charge on any atom is 0.240 e. The van der Waals surface area contributed by atoms with E-state index < -0.39 is 0 Å². The van der Waals surface area contributed by atoms with E-state index in [1.54, 1.807) is 11.3 Å². The van der Waals surface area contributed by atoms with Gasteiger partial charge in [-0.05, 0) is 36.1 Å². The summed E-state index contributed by atoms with van der Waals surface area (Å²) in [7, 11) is 0. The van der Waals surface area contributed by atoms with Crippen molar-refractivity contribution >= 4 is 28.3 Å². The van der Waals surface area contributed by atoms with Gasteiger partial charge < -0.3 is 9.88 Å². The fourth-order valence-electron chi connectivity index (χ4n) is 3.17. The second kappa shape index (κ2) is 7.14. The van der Waals surface area contributed by atoms with Crippen LogP contribution >= 0.6 is 11.3 Å². The van der Waals surface area contributed by atoms with Crippen LogP contribution in [0.25, 0.3) is 11.0 Å². The van der Waals surface area contributed by atoms with E-state index >= 15 is 0 Å². The van der Waals surface area contributed by atoms with Crippen LogP contribution in [0.15, 0.2) is 72.1 Å². The molecule has 0 saturated heterocycles. The Bertz CT molecular complexity index is 1020. The molecule has 0 bridgehead atoms. The molecule has 0 radical (unpaired) electrons. The first-order valence-corrected chi connectivity index (χ1v) is 9.40. The lowest BCUT2D eigenvalue weighted by atomic mass is 10.1. The van der Waals surface area contributed by atoms with Crippen LogP contribution in [0.1, 0.15) is 22.3 Å². The zero-order valence-electron chi connectivity index (χ0n) is 14.4. The van der Waals surface area contributed by atoms with E-state index in [2.05, 4.69) is 16.4 Å². The Morgan fingerprint density at radius 3 is 2.62 bits per heavy atom. The minimum absolute atomic E-state index is 0.0292. The minimum atomic E-state index is -0.140. The zero-order chi connectivity index (χ0) is 17.9. The number of thiophene rings is 1. The maximum atomic E-state index is 12.8. The number of carbonyl (C=O) groups is 1. The number of nitrogens with one attached hydrogen (secondary N) is 1. The molecular weight excluding hydrogens is 342 g/mol. The molecule has 4 aromatic rings. The lowest BCUT2D eigenvalue weighted by Crippen LogP contribution is -2.32. The molecule has 1 atom stereocenters. The smallest absolute Gasteiger partial charge is 0.240 e. The molecule has 0 saturated carbocycles. The van der Waals surface area contributed by atoms with Crippen LogP contribution in [0.2, 0.25) is 0 Å². The van der Waals surface area contributed by atoms with Crippen molar-refractivity contribution in [3.63, 3.8) is 0 Å². The Hall–Kier alpha value is -2.92. The summed E-state index contributed by atoms with van der Waals surface area (Å²) in [5.74, 6) is 0.812. The third-order valence-electron chi connectivity index (χ3n) is 4.41. The molecule has 0 aliphatic carbocycles. The van der Waals surface area contributed by atoms with Crippen molar-refractivity contribution in [3.05, 3.63) is 88.4 Å². The van der Waals surface area contributed by atoms with Crippen molar-refractivity contribution in [2.24, 2.45) is 0 Å². The third-order valence-corrected chi connectivity index (χ3v) is 5.35. The van der Waals surface area contributed by atoms with Crippen LogP contribution in [0.4, 0.5) is 0 Å². The molecule has 26 heavy (non-hydrogen) atoms.